The molecule has 0 aliphatic carbocycles. The fraction of sp³-hybridized carbons (Fsp3) is 0.933. The Morgan fingerprint density at radius 3 is 2.50 bits per heavy atom. The Labute approximate surface area is 124 Å². The average molecular weight is 284 g/mol. The molecule has 0 aromatic rings. The largest absolute Gasteiger partial charge is 0.379 e. The third-order valence-corrected chi connectivity index (χ3v) is 3.66. The third-order valence-electron chi connectivity index (χ3n) is 3.66. The molecule has 1 aliphatic rings. The highest BCUT2D eigenvalue weighted by Gasteiger charge is 2.27. The molecule has 0 amide bonds. The van der Waals surface area contributed by atoms with Crippen LogP contribution >= 0.6 is 0 Å². The zero-order valence-electron chi connectivity index (χ0n) is 13.7. The van der Waals surface area contributed by atoms with Crippen LogP contribution in [0.5, 0.6) is 0 Å². The van der Waals surface area contributed by atoms with Crippen molar-refractivity contribution in [2.75, 3.05) is 45.9 Å². The topological polar surface area (TPSA) is 48.9 Å². The Hall–Kier alpha value is -0.810. The van der Waals surface area contributed by atoms with Gasteiger partial charge in [-0.25, -0.2) is 0 Å². The normalized spacial score (nSPS) is 18.1. The van der Waals surface area contributed by atoms with Crippen LogP contribution in [0.3, 0.4) is 0 Å². The van der Waals surface area contributed by atoms with Gasteiger partial charge in [0.25, 0.3) is 0 Å². The predicted octanol–water partition coefficient (Wildman–Crippen LogP) is 1.45. The van der Waals surface area contributed by atoms with E-state index in [-0.39, 0.29) is 5.54 Å². The lowest BCUT2D eigenvalue weighted by Crippen LogP contribution is -2.52. The molecule has 0 atom stereocenters. The van der Waals surface area contributed by atoms with Crippen molar-refractivity contribution in [2.45, 2.75) is 46.1 Å². The van der Waals surface area contributed by atoms with Gasteiger partial charge in [0.1, 0.15) is 0 Å². The number of hydrogen-bond donors (Lipinski definition) is 2. The summed E-state index contributed by atoms with van der Waals surface area (Å²) in [6, 6.07) is 0. The van der Waals surface area contributed by atoms with Crippen LogP contribution in [0.4, 0.5) is 0 Å². The molecule has 5 nitrogen and oxygen atoms in total. The molecular weight excluding hydrogens is 252 g/mol. The highest BCUT2D eigenvalue weighted by Crippen LogP contribution is 2.16. The van der Waals surface area contributed by atoms with E-state index in [0.717, 1.165) is 51.9 Å². The lowest BCUT2D eigenvalue weighted by molar-refractivity contribution is -0.00683. The number of morpholine rings is 1. The summed E-state index contributed by atoms with van der Waals surface area (Å²) in [7, 11) is 0. The van der Waals surface area contributed by atoms with E-state index in [0.29, 0.717) is 0 Å². The molecule has 5 heteroatoms. The first kappa shape index (κ1) is 17.2. The molecule has 1 heterocycles. The standard InChI is InChI=1S/C15H32N4O/c1-5-7-8-17-14(16-6-2)18-13-15(3,4)19-9-11-20-12-10-19/h5-13H2,1-4H3,(H2,16,17,18). The van der Waals surface area contributed by atoms with Gasteiger partial charge in [-0.1, -0.05) is 13.3 Å². The number of nitrogens with one attached hydrogen (secondary N) is 2. The molecule has 0 unspecified atom stereocenters. The van der Waals surface area contributed by atoms with E-state index in [4.69, 9.17) is 9.73 Å². The first-order chi connectivity index (χ1) is 9.60. The van der Waals surface area contributed by atoms with Crippen LogP contribution < -0.4 is 10.6 Å². The second-order valence-corrected chi connectivity index (χ2v) is 5.89. The van der Waals surface area contributed by atoms with Crippen molar-refractivity contribution < 1.29 is 4.74 Å². The van der Waals surface area contributed by atoms with Gasteiger partial charge < -0.3 is 15.4 Å². The van der Waals surface area contributed by atoms with Gasteiger partial charge in [0.2, 0.25) is 0 Å². The van der Waals surface area contributed by atoms with Gasteiger partial charge in [-0.15, -0.1) is 0 Å². The zero-order chi connectivity index (χ0) is 14.8. The van der Waals surface area contributed by atoms with E-state index < -0.39 is 0 Å². The van der Waals surface area contributed by atoms with Gasteiger partial charge in [0.05, 0.1) is 19.8 Å². The van der Waals surface area contributed by atoms with E-state index in [1.165, 1.54) is 12.8 Å². The Balaban J connectivity index is 2.49. The number of unbranched alkanes of at least 4 members (excludes halogenated alkanes) is 1. The Bertz CT molecular complexity index is 286. The monoisotopic (exact) mass is 284 g/mol. The number of hydrogen-bond acceptors (Lipinski definition) is 3. The van der Waals surface area contributed by atoms with Crippen LogP contribution in [0, 0.1) is 0 Å². The minimum atomic E-state index is 0.0802. The first-order valence-electron chi connectivity index (χ1n) is 7.95. The summed E-state index contributed by atoms with van der Waals surface area (Å²) in [5.74, 6) is 0.933. The predicted molar refractivity (Wildman–Crippen MR) is 85.4 cm³/mol. The number of guanidine groups is 1. The molecule has 0 aromatic carbocycles. The minimum Gasteiger partial charge on any atom is -0.379 e. The van der Waals surface area contributed by atoms with E-state index in [1.54, 1.807) is 0 Å². The second kappa shape index (κ2) is 9.19. The number of ether oxygens (including phenoxy) is 1. The molecule has 0 spiro atoms. The Kier molecular flexibility index (Phi) is 7.92. The first-order valence-corrected chi connectivity index (χ1v) is 7.95. The number of nitrogens with zero attached hydrogens (tertiary/aromatic N) is 2. The van der Waals surface area contributed by atoms with E-state index >= 15 is 0 Å². The van der Waals surface area contributed by atoms with Crippen molar-refractivity contribution in [3.63, 3.8) is 0 Å². The van der Waals surface area contributed by atoms with Gasteiger partial charge >= 0.3 is 0 Å². The van der Waals surface area contributed by atoms with Crippen LogP contribution in [0.15, 0.2) is 4.99 Å². The third kappa shape index (κ3) is 6.09. The van der Waals surface area contributed by atoms with Crippen molar-refractivity contribution >= 4 is 5.96 Å². The maximum atomic E-state index is 5.42. The molecule has 1 rings (SSSR count). The maximum absolute atomic E-state index is 5.42. The quantitative estimate of drug-likeness (QED) is 0.422. The van der Waals surface area contributed by atoms with Crippen LogP contribution in [0.1, 0.15) is 40.5 Å². The van der Waals surface area contributed by atoms with Crippen LogP contribution in [-0.2, 0) is 4.74 Å². The fourth-order valence-electron chi connectivity index (χ4n) is 2.27. The second-order valence-electron chi connectivity index (χ2n) is 5.89. The lowest BCUT2D eigenvalue weighted by atomic mass is 10.0. The summed E-state index contributed by atoms with van der Waals surface area (Å²) in [6.07, 6.45) is 2.38. The van der Waals surface area contributed by atoms with Crippen LogP contribution in [0.2, 0.25) is 0 Å². The summed E-state index contributed by atoms with van der Waals surface area (Å²) >= 11 is 0. The Morgan fingerprint density at radius 1 is 1.20 bits per heavy atom. The average Bonchev–Trinajstić information content (AvgIpc) is 2.46. The summed E-state index contributed by atoms with van der Waals surface area (Å²) in [6.45, 7) is 15.2. The molecule has 1 saturated heterocycles. The van der Waals surface area contributed by atoms with Gasteiger partial charge in [0.15, 0.2) is 5.96 Å². The summed E-state index contributed by atoms with van der Waals surface area (Å²) in [5.41, 5.74) is 0.0802. The van der Waals surface area contributed by atoms with Gasteiger partial charge in [-0.05, 0) is 27.2 Å². The minimum absolute atomic E-state index is 0.0802. The molecule has 20 heavy (non-hydrogen) atoms. The van der Waals surface area contributed by atoms with Gasteiger partial charge in [-0.2, -0.15) is 0 Å². The molecule has 1 aliphatic heterocycles. The number of rotatable bonds is 7. The van der Waals surface area contributed by atoms with Crippen molar-refractivity contribution in [3.05, 3.63) is 0 Å². The molecule has 0 aromatic heterocycles. The summed E-state index contributed by atoms with van der Waals surface area (Å²) < 4.78 is 5.42. The van der Waals surface area contributed by atoms with E-state index in [9.17, 15) is 0 Å². The van der Waals surface area contributed by atoms with Gasteiger partial charge in [0, 0.05) is 31.7 Å². The van der Waals surface area contributed by atoms with E-state index in [1.807, 2.05) is 0 Å². The maximum Gasteiger partial charge on any atom is 0.191 e. The molecular formula is C15H32N4O. The molecule has 2 N–H and O–H groups in total. The summed E-state index contributed by atoms with van der Waals surface area (Å²) in [5, 5.41) is 6.71. The van der Waals surface area contributed by atoms with Gasteiger partial charge in [-0.3, -0.25) is 9.89 Å². The van der Waals surface area contributed by atoms with Crippen molar-refractivity contribution in [1.29, 1.82) is 0 Å². The molecule has 1 fully saturated rings. The SMILES string of the molecule is CCCCNC(=NCC(C)(C)N1CCOCC1)NCC. The molecule has 0 radical (unpaired) electrons. The van der Waals surface area contributed by atoms with Crippen molar-refractivity contribution in [2.24, 2.45) is 4.99 Å². The van der Waals surface area contributed by atoms with Crippen molar-refractivity contribution in [3.8, 4) is 0 Å². The number of aliphatic imine (C=N–C) groups is 1. The van der Waals surface area contributed by atoms with Crippen molar-refractivity contribution in [1.82, 2.24) is 15.5 Å². The zero-order valence-corrected chi connectivity index (χ0v) is 13.7. The smallest absolute Gasteiger partial charge is 0.191 e. The molecule has 0 saturated carbocycles. The fourth-order valence-corrected chi connectivity index (χ4v) is 2.27. The Morgan fingerprint density at radius 2 is 1.90 bits per heavy atom. The van der Waals surface area contributed by atoms with Crippen LogP contribution in [0.25, 0.3) is 0 Å². The molecule has 0 bridgehead atoms. The highest BCUT2D eigenvalue weighted by atomic mass is 16.5. The summed E-state index contributed by atoms with van der Waals surface area (Å²) in [4.78, 5) is 7.21. The highest BCUT2D eigenvalue weighted by molar-refractivity contribution is 5.79. The van der Waals surface area contributed by atoms with E-state index in [2.05, 4.69) is 43.2 Å². The van der Waals surface area contributed by atoms with Crippen LogP contribution in [-0.4, -0.2) is 62.3 Å². The molecule has 118 valence electrons. The lowest BCUT2D eigenvalue weighted by Gasteiger charge is -2.39.